The Kier molecular flexibility index (Phi) is 6.33. The minimum Gasteiger partial charge on any atom is -0.395 e. The number of aliphatic hydroxyl groups is 1. The maximum Gasteiger partial charge on any atom is 0.261 e. The van der Waals surface area contributed by atoms with E-state index in [1.165, 1.54) is 29.2 Å². The van der Waals surface area contributed by atoms with Crippen LogP contribution in [0.3, 0.4) is 0 Å². The Bertz CT molecular complexity index is 900. The van der Waals surface area contributed by atoms with E-state index in [4.69, 9.17) is 5.11 Å². The Morgan fingerprint density at radius 3 is 2.58 bits per heavy atom. The molecule has 140 valence electrons. The van der Waals surface area contributed by atoms with E-state index in [0.29, 0.717) is 12.1 Å². The molecule has 1 amide bonds. The van der Waals surface area contributed by atoms with Crippen molar-refractivity contribution in [3.05, 3.63) is 59.4 Å². The lowest BCUT2D eigenvalue weighted by Crippen LogP contribution is -2.33. The molecule has 2 aromatic carbocycles. The lowest BCUT2D eigenvalue weighted by atomic mass is 10.2. The highest BCUT2D eigenvalue weighted by molar-refractivity contribution is 7.92. The number of aryl methyl sites for hydroxylation is 1. The first kappa shape index (κ1) is 19.9. The Labute approximate surface area is 152 Å². The number of halogens is 1. The summed E-state index contributed by atoms with van der Waals surface area (Å²) >= 11 is 0. The van der Waals surface area contributed by atoms with E-state index >= 15 is 0 Å². The molecule has 0 spiro atoms. The van der Waals surface area contributed by atoms with Gasteiger partial charge in [-0.05, 0) is 49.7 Å². The number of aliphatic hydroxyl groups excluding tert-OH is 1. The predicted molar refractivity (Wildman–Crippen MR) is 97.1 cm³/mol. The summed E-state index contributed by atoms with van der Waals surface area (Å²) in [5, 5.41) is 9.02. The molecule has 0 saturated heterocycles. The second-order valence-electron chi connectivity index (χ2n) is 5.71. The van der Waals surface area contributed by atoms with Crippen molar-refractivity contribution in [2.75, 3.05) is 24.4 Å². The maximum atomic E-state index is 13.7. The van der Waals surface area contributed by atoms with Crippen molar-refractivity contribution in [1.82, 2.24) is 4.90 Å². The first-order chi connectivity index (χ1) is 12.3. The van der Waals surface area contributed by atoms with Crippen LogP contribution in [0, 0.1) is 12.7 Å². The van der Waals surface area contributed by atoms with E-state index in [1.54, 1.807) is 26.0 Å². The molecule has 0 radical (unpaired) electrons. The minimum absolute atomic E-state index is 0.162. The number of anilines is 1. The molecule has 0 saturated carbocycles. The van der Waals surface area contributed by atoms with Crippen LogP contribution in [0.1, 0.15) is 22.8 Å². The summed E-state index contributed by atoms with van der Waals surface area (Å²) in [6.07, 6.45) is 0. The number of nitrogens with one attached hydrogen (secondary N) is 1. The van der Waals surface area contributed by atoms with Crippen LogP contribution in [0.2, 0.25) is 0 Å². The van der Waals surface area contributed by atoms with E-state index in [2.05, 4.69) is 4.72 Å². The number of likely N-dealkylation sites (N-methyl/N-ethyl adjacent to an activating group) is 1. The fourth-order valence-corrected chi connectivity index (χ4v) is 3.44. The molecule has 2 rings (SSSR count). The maximum absolute atomic E-state index is 13.7. The summed E-state index contributed by atoms with van der Waals surface area (Å²) in [5.74, 6) is -0.927. The van der Waals surface area contributed by atoms with Crippen molar-refractivity contribution >= 4 is 21.6 Å². The Balaban J connectivity index is 2.27. The SMILES string of the molecule is CCN(CCO)C(=O)c1cccc(NS(=O)(=O)c2ccc(C)c(F)c2)c1. The molecule has 2 N–H and O–H groups in total. The van der Waals surface area contributed by atoms with Crippen molar-refractivity contribution in [3.8, 4) is 0 Å². The number of benzene rings is 2. The van der Waals surface area contributed by atoms with Gasteiger partial charge in [0.2, 0.25) is 0 Å². The number of carbonyl (C=O) groups excluding carboxylic acids is 1. The monoisotopic (exact) mass is 380 g/mol. The van der Waals surface area contributed by atoms with Crippen molar-refractivity contribution in [2.24, 2.45) is 0 Å². The molecule has 8 heteroatoms. The van der Waals surface area contributed by atoms with Crippen LogP contribution in [0.5, 0.6) is 0 Å². The smallest absolute Gasteiger partial charge is 0.261 e. The zero-order valence-electron chi connectivity index (χ0n) is 14.6. The van der Waals surface area contributed by atoms with Gasteiger partial charge in [-0.15, -0.1) is 0 Å². The first-order valence-electron chi connectivity index (χ1n) is 8.07. The van der Waals surface area contributed by atoms with Crippen molar-refractivity contribution in [2.45, 2.75) is 18.7 Å². The standard InChI is InChI=1S/C18H21FN2O4S/c1-3-21(9-10-22)18(23)14-5-4-6-15(11-14)20-26(24,25)16-8-7-13(2)17(19)12-16/h4-8,11-12,20,22H,3,9-10H2,1-2H3. The predicted octanol–water partition coefficient (Wildman–Crippen LogP) is 2.39. The van der Waals surface area contributed by atoms with Crippen LogP contribution in [-0.2, 0) is 10.0 Å². The van der Waals surface area contributed by atoms with E-state index in [0.717, 1.165) is 6.07 Å². The van der Waals surface area contributed by atoms with Gasteiger partial charge < -0.3 is 10.0 Å². The number of amides is 1. The molecule has 0 aliphatic rings. The molecule has 2 aromatic rings. The molecule has 26 heavy (non-hydrogen) atoms. The second kappa shape index (κ2) is 8.29. The van der Waals surface area contributed by atoms with Crippen molar-refractivity contribution in [1.29, 1.82) is 0 Å². The van der Waals surface area contributed by atoms with Gasteiger partial charge in [-0.1, -0.05) is 12.1 Å². The zero-order chi connectivity index (χ0) is 19.3. The molecule has 0 aliphatic heterocycles. The van der Waals surface area contributed by atoms with E-state index in [-0.39, 0.29) is 35.2 Å². The van der Waals surface area contributed by atoms with Crippen LogP contribution < -0.4 is 4.72 Å². The van der Waals surface area contributed by atoms with Gasteiger partial charge in [0.15, 0.2) is 0 Å². The minimum atomic E-state index is -3.99. The summed E-state index contributed by atoms with van der Waals surface area (Å²) in [6, 6.07) is 9.67. The van der Waals surface area contributed by atoms with Crippen LogP contribution in [0.15, 0.2) is 47.4 Å². The fraction of sp³-hybridized carbons (Fsp3) is 0.278. The number of hydrogen-bond acceptors (Lipinski definition) is 4. The summed E-state index contributed by atoms with van der Waals surface area (Å²) in [6.45, 7) is 3.77. The van der Waals surface area contributed by atoms with E-state index in [9.17, 15) is 17.6 Å². The number of carbonyl (C=O) groups is 1. The number of hydrogen-bond donors (Lipinski definition) is 2. The first-order valence-corrected chi connectivity index (χ1v) is 9.56. The van der Waals surface area contributed by atoms with Gasteiger partial charge in [-0.25, -0.2) is 12.8 Å². The quantitative estimate of drug-likeness (QED) is 0.772. The number of nitrogens with zero attached hydrogens (tertiary/aromatic N) is 1. The highest BCUT2D eigenvalue weighted by Gasteiger charge is 2.18. The average Bonchev–Trinajstić information content (AvgIpc) is 2.61. The Morgan fingerprint density at radius 2 is 1.96 bits per heavy atom. The summed E-state index contributed by atoms with van der Waals surface area (Å²) in [5.41, 5.74) is 0.826. The summed E-state index contributed by atoms with van der Waals surface area (Å²) in [7, 11) is -3.99. The largest absolute Gasteiger partial charge is 0.395 e. The van der Waals surface area contributed by atoms with Gasteiger partial charge in [0.1, 0.15) is 5.82 Å². The molecule has 0 atom stereocenters. The van der Waals surface area contributed by atoms with Gasteiger partial charge >= 0.3 is 0 Å². The van der Waals surface area contributed by atoms with Crippen molar-refractivity contribution in [3.63, 3.8) is 0 Å². The molecule has 6 nitrogen and oxygen atoms in total. The Morgan fingerprint density at radius 1 is 1.23 bits per heavy atom. The third-order valence-electron chi connectivity index (χ3n) is 3.85. The van der Waals surface area contributed by atoms with Crippen LogP contribution in [0.25, 0.3) is 0 Å². The topological polar surface area (TPSA) is 86.7 Å². The normalized spacial score (nSPS) is 11.2. The molecule has 0 unspecified atom stereocenters. The lowest BCUT2D eigenvalue weighted by Gasteiger charge is -2.20. The fourth-order valence-electron chi connectivity index (χ4n) is 2.38. The second-order valence-corrected chi connectivity index (χ2v) is 7.39. The van der Waals surface area contributed by atoms with Crippen molar-refractivity contribution < 1.29 is 22.7 Å². The molecule has 0 bridgehead atoms. The molecule has 0 fully saturated rings. The molecule has 0 aromatic heterocycles. The molecule has 0 aliphatic carbocycles. The molecular weight excluding hydrogens is 359 g/mol. The summed E-state index contributed by atoms with van der Waals surface area (Å²) in [4.78, 5) is 13.7. The number of rotatable bonds is 7. The zero-order valence-corrected chi connectivity index (χ0v) is 15.4. The van der Waals surface area contributed by atoms with Crippen LogP contribution >= 0.6 is 0 Å². The molecule has 0 heterocycles. The van der Waals surface area contributed by atoms with E-state index in [1.807, 2.05) is 0 Å². The van der Waals surface area contributed by atoms with E-state index < -0.39 is 15.8 Å². The Hall–Kier alpha value is -2.45. The average molecular weight is 380 g/mol. The lowest BCUT2D eigenvalue weighted by molar-refractivity contribution is 0.0732. The van der Waals surface area contributed by atoms with Crippen LogP contribution in [0.4, 0.5) is 10.1 Å². The van der Waals surface area contributed by atoms with Gasteiger partial charge in [0.25, 0.3) is 15.9 Å². The third kappa shape index (κ3) is 4.59. The number of sulfonamides is 1. The van der Waals surface area contributed by atoms with Gasteiger partial charge in [0.05, 0.1) is 11.5 Å². The molecular formula is C18H21FN2O4S. The highest BCUT2D eigenvalue weighted by atomic mass is 32.2. The van der Waals surface area contributed by atoms with Gasteiger partial charge in [0, 0.05) is 24.3 Å². The van der Waals surface area contributed by atoms with Gasteiger partial charge in [-0.2, -0.15) is 0 Å². The highest BCUT2D eigenvalue weighted by Crippen LogP contribution is 2.20. The third-order valence-corrected chi connectivity index (χ3v) is 5.23. The van der Waals surface area contributed by atoms with Crippen LogP contribution in [-0.4, -0.2) is 44.0 Å². The summed E-state index contributed by atoms with van der Waals surface area (Å²) < 4.78 is 40.9. The van der Waals surface area contributed by atoms with Gasteiger partial charge in [-0.3, -0.25) is 9.52 Å².